The Morgan fingerprint density at radius 3 is 1.57 bits per heavy atom. The Bertz CT molecular complexity index is 1820. The molecule has 0 saturated carbocycles. The average molecular weight is 622 g/mol. The zero-order valence-corrected chi connectivity index (χ0v) is 27.6. The molecule has 7 aromatic carbocycles. The first-order valence-corrected chi connectivity index (χ1v) is 16.1. The zero-order valence-electron chi connectivity index (χ0n) is 25.1. The maximum atomic E-state index is 2.32. The Morgan fingerprint density at radius 2 is 1.10 bits per heavy atom. The van der Waals surface area contributed by atoms with E-state index in [0.29, 0.717) is 0 Å². The normalized spacial score (nSPS) is 10.7. The van der Waals surface area contributed by atoms with Crippen molar-refractivity contribution in [3.05, 3.63) is 167 Å². The van der Waals surface area contributed by atoms with Crippen LogP contribution in [0.2, 0.25) is 0 Å². The van der Waals surface area contributed by atoms with E-state index in [0.717, 1.165) is 12.8 Å². The summed E-state index contributed by atoms with van der Waals surface area (Å²) in [5.74, 6) is 0. The van der Waals surface area contributed by atoms with Crippen molar-refractivity contribution in [2.75, 3.05) is 0 Å². The number of aryl methyl sites for hydroxylation is 4. The van der Waals surface area contributed by atoms with Crippen molar-refractivity contribution in [2.24, 2.45) is 0 Å². The van der Waals surface area contributed by atoms with E-state index in [1.165, 1.54) is 93.1 Å². The molecule has 1 heteroatoms. The first-order valence-electron chi connectivity index (χ1n) is 14.9. The molecule has 0 heterocycles. The summed E-state index contributed by atoms with van der Waals surface area (Å²) >= 11 is 1.46. The molecule has 0 fully saturated rings. The summed E-state index contributed by atoms with van der Waals surface area (Å²) in [5, 5.41) is 8.33. The Kier molecular flexibility index (Phi) is 9.94. The summed E-state index contributed by atoms with van der Waals surface area (Å²) in [7, 11) is 0. The summed E-state index contributed by atoms with van der Waals surface area (Å²) in [6.45, 7) is 8.74. The topological polar surface area (TPSA) is 0 Å². The summed E-state index contributed by atoms with van der Waals surface area (Å²) in [6, 6.07) is 47.9. The first-order chi connectivity index (χ1) is 20.5. The molecule has 0 amide bonds. The molecule has 7 rings (SSSR count). The van der Waals surface area contributed by atoms with E-state index >= 15 is 0 Å². The molecule has 7 aromatic rings. The van der Waals surface area contributed by atoms with Crippen molar-refractivity contribution in [1.82, 2.24) is 0 Å². The van der Waals surface area contributed by atoms with E-state index in [2.05, 4.69) is 161 Å². The van der Waals surface area contributed by atoms with Crippen LogP contribution in [0.1, 0.15) is 47.2 Å². The first kappa shape index (κ1) is 29.8. The third-order valence-electron chi connectivity index (χ3n) is 7.99. The number of hydrogen-bond acceptors (Lipinski definition) is 0. The molecule has 0 unspecified atom stereocenters. The fourth-order valence-electron chi connectivity index (χ4n) is 5.60. The van der Waals surface area contributed by atoms with E-state index in [9.17, 15) is 0 Å². The Hall–Kier alpha value is -3.67. The molecule has 0 aliphatic heterocycles. The van der Waals surface area contributed by atoms with Crippen molar-refractivity contribution >= 4 is 35.5 Å². The van der Waals surface area contributed by atoms with Gasteiger partial charge in [0.15, 0.2) is 0 Å². The van der Waals surface area contributed by atoms with Gasteiger partial charge >= 0.3 is 99.2 Å². The Labute approximate surface area is 265 Å². The molecule has 0 nitrogen and oxygen atoms in total. The molecule has 0 aromatic heterocycles. The van der Waals surface area contributed by atoms with Crippen LogP contribution in [0.5, 0.6) is 0 Å². The van der Waals surface area contributed by atoms with Crippen molar-refractivity contribution < 1.29 is 24.2 Å². The van der Waals surface area contributed by atoms with Crippen LogP contribution >= 0.6 is 0 Å². The van der Waals surface area contributed by atoms with Crippen LogP contribution in [0.15, 0.2) is 133 Å². The van der Waals surface area contributed by atoms with Gasteiger partial charge in [-0.3, -0.25) is 0 Å². The number of benzene rings is 5. The minimum atomic E-state index is 1.11. The van der Waals surface area contributed by atoms with Crippen molar-refractivity contribution in [2.45, 2.75) is 40.5 Å². The van der Waals surface area contributed by atoms with E-state index in [1.54, 1.807) is 0 Å². The van der Waals surface area contributed by atoms with Gasteiger partial charge in [-0.1, -0.05) is 67.8 Å². The van der Waals surface area contributed by atoms with Gasteiger partial charge in [0, 0.05) is 0 Å². The van der Waals surface area contributed by atoms with Crippen LogP contribution in [-0.2, 0) is 37.1 Å². The summed E-state index contributed by atoms with van der Waals surface area (Å²) in [6.07, 6.45) is 2.22. The molecule has 0 atom stereocenters. The molecule has 206 valence electrons. The van der Waals surface area contributed by atoms with Gasteiger partial charge in [0.2, 0.25) is 0 Å². The Balaban J connectivity index is 0.000000129. The van der Waals surface area contributed by atoms with Crippen molar-refractivity contribution in [3.8, 4) is 0 Å². The third-order valence-corrected chi connectivity index (χ3v) is 9.41. The van der Waals surface area contributed by atoms with Crippen molar-refractivity contribution in [1.29, 1.82) is 0 Å². The SMILES string of the molecule is CCc1ccc2c(c1)[cH-]c1cc(CC)ccc12.Cc1cccc2[cH-]cc(C)c12.[Zr+2]=[C](c1ccccc1)c1ccccc1. The molecule has 0 saturated heterocycles. The summed E-state index contributed by atoms with van der Waals surface area (Å²) < 4.78 is 1.42. The van der Waals surface area contributed by atoms with E-state index in [-0.39, 0.29) is 0 Å². The molecule has 0 aliphatic carbocycles. The van der Waals surface area contributed by atoms with E-state index in [4.69, 9.17) is 0 Å². The van der Waals surface area contributed by atoms with Gasteiger partial charge in [0.1, 0.15) is 0 Å². The van der Waals surface area contributed by atoms with Gasteiger partial charge in [-0.2, -0.15) is 11.6 Å². The zero-order chi connectivity index (χ0) is 29.5. The number of rotatable bonds is 4. The predicted molar refractivity (Wildman–Crippen MR) is 181 cm³/mol. The fourth-order valence-corrected chi connectivity index (χ4v) is 6.42. The van der Waals surface area contributed by atoms with Crippen LogP contribution < -0.4 is 0 Å². The molecule has 0 radical (unpaired) electrons. The maximum absolute atomic E-state index is 2.32. The molecule has 42 heavy (non-hydrogen) atoms. The molecular weight excluding hydrogens is 584 g/mol. The number of fused-ring (bicyclic) bond motifs is 4. The van der Waals surface area contributed by atoms with E-state index in [1.807, 2.05) is 0 Å². The monoisotopic (exact) mass is 620 g/mol. The van der Waals surface area contributed by atoms with E-state index < -0.39 is 0 Å². The Morgan fingerprint density at radius 1 is 0.571 bits per heavy atom. The fraction of sp³-hybridized carbons (Fsp3) is 0.146. The van der Waals surface area contributed by atoms with Crippen LogP contribution in [0.25, 0.3) is 32.3 Å². The van der Waals surface area contributed by atoms with Crippen LogP contribution in [0.4, 0.5) is 0 Å². The summed E-state index contributed by atoms with van der Waals surface area (Å²) in [4.78, 5) is 0. The second-order valence-electron chi connectivity index (χ2n) is 10.9. The van der Waals surface area contributed by atoms with Crippen LogP contribution in [0, 0.1) is 13.8 Å². The van der Waals surface area contributed by atoms with Gasteiger partial charge in [-0.15, -0.1) is 68.7 Å². The van der Waals surface area contributed by atoms with Crippen LogP contribution in [-0.4, -0.2) is 3.21 Å². The molecular formula is C41H38Zr. The standard InChI is InChI=1S/C17H17.C13H10.C11H11.Zr/c1-3-12-5-7-16-14(9-12)11-15-10-13(4-2)6-8-17(15)16;1-3-7-12(8-4-1)11-13-9-5-2-6-10-13;1-8-4-3-5-10-7-6-9(2)11(8)10;/h5-11H,3-4H2,1-2H3;1-10H;3-7H,1-2H3;/q-1;;-1;+2. The molecule has 0 spiro atoms. The summed E-state index contributed by atoms with van der Waals surface area (Å²) in [5.41, 5.74) is 8.27. The second-order valence-corrected chi connectivity index (χ2v) is 12.1. The number of hydrogen-bond donors (Lipinski definition) is 0. The second kappa shape index (κ2) is 14.0. The van der Waals surface area contributed by atoms with Gasteiger partial charge in [-0.25, -0.2) is 0 Å². The average Bonchev–Trinajstić information content (AvgIpc) is 3.61. The van der Waals surface area contributed by atoms with Gasteiger partial charge in [-0.05, 0) is 19.8 Å². The van der Waals surface area contributed by atoms with Gasteiger partial charge in [0.05, 0.1) is 0 Å². The van der Waals surface area contributed by atoms with Gasteiger partial charge in [0.25, 0.3) is 0 Å². The molecule has 0 aliphatic rings. The minimum absolute atomic E-state index is 1.11. The van der Waals surface area contributed by atoms with Gasteiger partial charge < -0.3 is 0 Å². The third kappa shape index (κ3) is 6.86. The predicted octanol–water partition coefficient (Wildman–Crippen LogP) is 10.8. The quantitative estimate of drug-likeness (QED) is 0.172. The molecule has 0 N–H and O–H groups in total. The van der Waals surface area contributed by atoms with Crippen LogP contribution in [0.3, 0.4) is 0 Å². The molecule has 0 bridgehead atoms. The van der Waals surface area contributed by atoms with Crippen molar-refractivity contribution in [3.63, 3.8) is 0 Å².